The zero-order chi connectivity index (χ0) is 46.2. The lowest BCUT2D eigenvalue weighted by molar-refractivity contribution is -0.175. The molecule has 14 nitrogen and oxygen atoms in total. The van der Waals surface area contributed by atoms with Gasteiger partial charge in [-0.3, -0.25) is 33.8 Å². The number of aryl methyl sites for hydroxylation is 1. The number of Topliss-reactive ketones (excluding diaryl/α,β-unsaturated/α-hetero) is 2. The number of esters is 1. The molecule has 2 N–H and O–H groups in total. The van der Waals surface area contributed by atoms with Crippen molar-refractivity contribution in [2.75, 3.05) is 52.8 Å². The van der Waals surface area contributed by atoms with Crippen LogP contribution < -0.4 is 10.6 Å². The van der Waals surface area contributed by atoms with E-state index < -0.39 is 65.7 Å². The molecule has 2 fully saturated rings. The second-order valence-electron chi connectivity index (χ2n) is 18.2. The highest BCUT2D eigenvalue weighted by molar-refractivity contribution is 5.98. The number of carbonyl (C=O) groups is 6. The Kier molecular flexibility index (Phi) is 19.5. The Hall–Kier alpha value is -4.94. The predicted molar refractivity (Wildman–Crippen MR) is 238 cm³/mol. The lowest BCUT2D eigenvalue weighted by atomic mass is 9.87. The summed E-state index contributed by atoms with van der Waals surface area (Å²) in [5.41, 5.74) is -0.659. The zero-order valence-corrected chi connectivity index (χ0v) is 38.2. The molecule has 0 unspecified atom stereocenters. The second-order valence-corrected chi connectivity index (χ2v) is 18.2. The average molecular weight is 873 g/mol. The van der Waals surface area contributed by atoms with Crippen LogP contribution in [0, 0.1) is 30.1 Å². The largest absolute Gasteiger partial charge is 0.442 e. The summed E-state index contributed by atoms with van der Waals surface area (Å²) in [7, 11) is 0. The van der Waals surface area contributed by atoms with Crippen LogP contribution >= 0.6 is 0 Å². The molecule has 2 aromatic carbocycles. The molecule has 2 saturated heterocycles. The number of amides is 3. The van der Waals surface area contributed by atoms with Gasteiger partial charge in [0.1, 0.15) is 18.2 Å². The summed E-state index contributed by atoms with van der Waals surface area (Å²) in [4.78, 5) is 88.0. The number of ether oxygens (including phenoxy) is 4. The van der Waals surface area contributed by atoms with Crippen molar-refractivity contribution in [1.29, 1.82) is 0 Å². The number of ketones is 2. The van der Waals surface area contributed by atoms with Gasteiger partial charge in [-0.15, -0.1) is 6.42 Å². The molecule has 2 aliphatic rings. The molecule has 4 rings (SSSR count). The van der Waals surface area contributed by atoms with Crippen LogP contribution in [-0.2, 0) is 60.6 Å². The first kappa shape index (κ1) is 50.7. The number of benzene rings is 2. The molecule has 0 aliphatic carbocycles. The molecule has 0 aromatic heterocycles. The third-order valence-corrected chi connectivity index (χ3v) is 11.3. The van der Waals surface area contributed by atoms with Crippen molar-refractivity contribution >= 4 is 35.3 Å². The molecule has 0 saturated carbocycles. The third-order valence-electron chi connectivity index (χ3n) is 11.3. The summed E-state index contributed by atoms with van der Waals surface area (Å²) in [5, 5.41) is 5.96. The molecule has 0 radical (unpaired) electrons. The molecule has 14 heteroatoms. The number of hydrogen-bond donors (Lipinski definition) is 2. The van der Waals surface area contributed by atoms with E-state index in [1.807, 2.05) is 93.3 Å². The van der Waals surface area contributed by atoms with Gasteiger partial charge < -0.3 is 29.6 Å². The van der Waals surface area contributed by atoms with Gasteiger partial charge in [-0.2, -0.15) is 0 Å². The lowest BCUT2D eigenvalue weighted by Crippen LogP contribution is -2.57. The van der Waals surface area contributed by atoms with Crippen LogP contribution in [0.25, 0.3) is 0 Å². The minimum absolute atomic E-state index is 0.0546. The van der Waals surface area contributed by atoms with Gasteiger partial charge in [-0.25, -0.2) is 4.79 Å². The molecule has 0 bridgehead atoms. The molecule has 0 spiro atoms. The van der Waals surface area contributed by atoms with Crippen molar-refractivity contribution in [3.8, 4) is 12.3 Å². The first-order valence-electron chi connectivity index (χ1n) is 22.2. The molecule has 3 amide bonds. The fourth-order valence-electron chi connectivity index (χ4n) is 7.50. The number of morpholine rings is 1. The fraction of sp³-hybridized carbons (Fsp3) is 0.592. The van der Waals surface area contributed by atoms with Gasteiger partial charge in [0, 0.05) is 25.4 Å². The molecule has 2 aliphatic heterocycles. The van der Waals surface area contributed by atoms with E-state index in [2.05, 4.69) is 16.6 Å². The number of terminal acetylenes is 1. The van der Waals surface area contributed by atoms with Crippen LogP contribution in [0.5, 0.6) is 0 Å². The first-order chi connectivity index (χ1) is 29.9. The number of nitrogens with zero attached hydrogens (tertiary/aromatic N) is 2. The van der Waals surface area contributed by atoms with Crippen LogP contribution in [-0.4, -0.2) is 127 Å². The standard InChI is InChI=1S/C49H68N4O10/c1-9-24-62-48(6,7)47(59)61-33-53(43(55)31-52-22-25-60-26-23-52)41(21-20-36-16-12-10-13-17-36)46(58)50-39(27-34(2)3)42(54)30-38(29-37-18-14-11-15-19-37)45(57)51-40(28-35(4)5)44(56)49(8)32-63-49/h1,10-19,34-35,38-41H,20-33H2,2-8H3,(H,50,58)(H,51,57)/t38-,39+,40+,41+,49-/m1/s1. The number of nitrogens with one attached hydrogen (secondary N) is 2. The number of rotatable bonds is 26. The van der Waals surface area contributed by atoms with Crippen molar-refractivity contribution in [2.24, 2.45) is 17.8 Å². The monoisotopic (exact) mass is 872 g/mol. The predicted octanol–water partition coefficient (Wildman–Crippen LogP) is 4.32. The first-order valence-corrected chi connectivity index (χ1v) is 22.2. The van der Waals surface area contributed by atoms with Crippen LogP contribution in [0.2, 0.25) is 0 Å². The van der Waals surface area contributed by atoms with Crippen LogP contribution in [0.4, 0.5) is 0 Å². The van der Waals surface area contributed by atoms with Gasteiger partial charge in [0.05, 0.1) is 38.4 Å². The molecular formula is C49H68N4O10. The maximum Gasteiger partial charge on any atom is 0.339 e. The van der Waals surface area contributed by atoms with Crippen LogP contribution in [0.3, 0.4) is 0 Å². The Balaban J connectivity index is 1.65. The minimum Gasteiger partial charge on any atom is -0.442 e. The SMILES string of the molecule is C#CCOC(C)(C)C(=O)OCN(C(=O)CN1CCOCC1)[C@@H](CCc1ccccc1)C(=O)N[C@@H](CC(C)C)C(=O)C[C@@H](Cc1ccccc1)C(=O)N[C@@H](CC(C)C)C(=O)[C@@]1(C)CO1. The molecule has 2 heterocycles. The normalized spacial score (nSPS) is 18.3. The maximum atomic E-state index is 14.8. The highest BCUT2D eigenvalue weighted by Gasteiger charge is 2.50. The summed E-state index contributed by atoms with van der Waals surface area (Å²) in [5.74, 6) is -1.36. The topological polar surface area (TPSA) is 173 Å². The minimum atomic E-state index is -1.45. The van der Waals surface area contributed by atoms with Crippen molar-refractivity contribution in [3.63, 3.8) is 0 Å². The molecular weight excluding hydrogens is 805 g/mol. The Labute approximate surface area is 373 Å². The van der Waals surface area contributed by atoms with E-state index in [0.29, 0.717) is 39.1 Å². The van der Waals surface area contributed by atoms with Crippen LogP contribution in [0.15, 0.2) is 60.7 Å². The summed E-state index contributed by atoms with van der Waals surface area (Å²) in [6.07, 6.45) is 6.52. The summed E-state index contributed by atoms with van der Waals surface area (Å²) in [6, 6.07) is 15.8. The summed E-state index contributed by atoms with van der Waals surface area (Å²) >= 11 is 0. The lowest BCUT2D eigenvalue weighted by Gasteiger charge is -2.35. The van der Waals surface area contributed by atoms with Crippen molar-refractivity contribution in [3.05, 3.63) is 71.8 Å². The molecule has 63 heavy (non-hydrogen) atoms. The molecule has 2 aromatic rings. The van der Waals surface area contributed by atoms with E-state index in [1.54, 1.807) is 6.92 Å². The third kappa shape index (κ3) is 16.3. The second kappa shape index (κ2) is 24.2. The number of epoxide rings is 1. The van der Waals surface area contributed by atoms with Gasteiger partial charge in [0.15, 0.2) is 23.9 Å². The summed E-state index contributed by atoms with van der Waals surface area (Å²) in [6.45, 7) is 13.9. The van der Waals surface area contributed by atoms with E-state index in [9.17, 15) is 28.8 Å². The van der Waals surface area contributed by atoms with Gasteiger partial charge in [0.2, 0.25) is 17.7 Å². The van der Waals surface area contributed by atoms with E-state index in [0.717, 1.165) is 11.1 Å². The van der Waals surface area contributed by atoms with E-state index in [1.165, 1.54) is 18.7 Å². The molecule has 5 atom stereocenters. The molecule has 344 valence electrons. The van der Waals surface area contributed by atoms with E-state index in [4.69, 9.17) is 25.4 Å². The highest BCUT2D eigenvalue weighted by atomic mass is 16.6. The average Bonchev–Trinajstić information content (AvgIpc) is 4.01. The number of carbonyl (C=O) groups excluding carboxylic acids is 6. The van der Waals surface area contributed by atoms with Crippen molar-refractivity contribution in [2.45, 2.75) is 116 Å². The quantitative estimate of drug-likeness (QED) is 0.0597. The Morgan fingerprint density at radius 1 is 0.873 bits per heavy atom. The van der Waals surface area contributed by atoms with E-state index >= 15 is 0 Å². The maximum absolute atomic E-state index is 14.8. The zero-order valence-electron chi connectivity index (χ0n) is 38.2. The number of hydrogen-bond acceptors (Lipinski definition) is 11. The van der Waals surface area contributed by atoms with Crippen LogP contribution in [0.1, 0.15) is 85.3 Å². The van der Waals surface area contributed by atoms with Gasteiger partial charge in [-0.05, 0) is 75.8 Å². The van der Waals surface area contributed by atoms with E-state index in [-0.39, 0.29) is 68.8 Å². The summed E-state index contributed by atoms with van der Waals surface area (Å²) < 4.78 is 22.2. The highest BCUT2D eigenvalue weighted by Crippen LogP contribution is 2.30. The van der Waals surface area contributed by atoms with Gasteiger partial charge >= 0.3 is 5.97 Å². The Bertz CT molecular complexity index is 1870. The Morgan fingerprint density at radius 2 is 1.44 bits per heavy atom. The van der Waals surface area contributed by atoms with Crippen molar-refractivity contribution in [1.82, 2.24) is 20.4 Å². The smallest absolute Gasteiger partial charge is 0.339 e. The Morgan fingerprint density at radius 3 is 2.02 bits per heavy atom. The van der Waals surface area contributed by atoms with Gasteiger partial charge in [0.25, 0.3) is 0 Å². The van der Waals surface area contributed by atoms with Gasteiger partial charge in [-0.1, -0.05) is 94.3 Å². The van der Waals surface area contributed by atoms with Crippen molar-refractivity contribution < 1.29 is 47.7 Å². The fourth-order valence-corrected chi connectivity index (χ4v) is 7.50.